The molecular weight excluding hydrogens is 277 g/mol. The highest BCUT2D eigenvalue weighted by Gasteiger charge is 2.32. The van der Waals surface area contributed by atoms with Gasteiger partial charge in [-0.05, 0) is 36.1 Å². The lowest BCUT2D eigenvalue weighted by Crippen LogP contribution is -2.21. The molecule has 0 spiro atoms. The molecule has 2 aromatic rings. The lowest BCUT2D eigenvalue weighted by atomic mass is 9.79. The van der Waals surface area contributed by atoms with Gasteiger partial charge in [0, 0.05) is 11.5 Å². The van der Waals surface area contributed by atoms with Crippen molar-refractivity contribution >= 4 is 5.78 Å². The van der Waals surface area contributed by atoms with Gasteiger partial charge in [0.15, 0.2) is 5.78 Å². The number of fused-ring (bicyclic) bond motifs is 1. The lowest BCUT2D eigenvalue weighted by Gasteiger charge is -2.23. The summed E-state index contributed by atoms with van der Waals surface area (Å²) in [7, 11) is 0. The van der Waals surface area contributed by atoms with Gasteiger partial charge in [-0.1, -0.05) is 36.4 Å². The molecule has 1 aliphatic rings. The molecular formula is C17H13F3O. The molecule has 0 saturated heterocycles. The van der Waals surface area contributed by atoms with Gasteiger partial charge in [0.05, 0.1) is 5.56 Å². The normalized spacial score (nSPS) is 18.4. The summed E-state index contributed by atoms with van der Waals surface area (Å²) in [5.41, 5.74) is 1.68. The van der Waals surface area contributed by atoms with Crippen molar-refractivity contribution < 1.29 is 18.0 Å². The van der Waals surface area contributed by atoms with Crippen LogP contribution < -0.4 is 0 Å². The standard InChI is InChI=1S/C17H13F3O/c18-17(19,20)13-8-5-12(6-9-13)15-10-7-11-3-1-2-4-14(11)16(15)21/h1-6,8-9,15H,7,10H2/t15-/m0/s1. The Balaban J connectivity index is 1.91. The molecule has 0 N–H and O–H groups in total. The summed E-state index contributed by atoms with van der Waals surface area (Å²) in [6.07, 6.45) is -2.93. The van der Waals surface area contributed by atoms with Gasteiger partial charge in [0.1, 0.15) is 0 Å². The van der Waals surface area contributed by atoms with Gasteiger partial charge in [-0.15, -0.1) is 0 Å². The van der Waals surface area contributed by atoms with E-state index in [9.17, 15) is 18.0 Å². The Labute approximate surface area is 120 Å². The third-order valence-corrected chi connectivity index (χ3v) is 3.94. The van der Waals surface area contributed by atoms with Crippen LogP contribution in [-0.4, -0.2) is 5.78 Å². The van der Waals surface area contributed by atoms with Crippen LogP contribution in [0.1, 0.15) is 39.4 Å². The van der Waals surface area contributed by atoms with Gasteiger partial charge in [0.25, 0.3) is 0 Å². The Morgan fingerprint density at radius 2 is 1.62 bits per heavy atom. The van der Waals surface area contributed by atoms with Gasteiger partial charge >= 0.3 is 6.18 Å². The Kier molecular flexibility index (Phi) is 3.32. The minimum atomic E-state index is -4.35. The van der Waals surface area contributed by atoms with E-state index in [4.69, 9.17) is 0 Å². The van der Waals surface area contributed by atoms with E-state index in [1.54, 1.807) is 6.07 Å². The van der Waals surface area contributed by atoms with Gasteiger partial charge in [-0.25, -0.2) is 0 Å². The molecule has 0 amide bonds. The minimum absolute atomic E-state index is 0.00314. The second-order valence-electron chi connectivity index (χ2n) is 5.23. The van der Waals surface area contributed by atoms with Crippen LogP contribution in [0.25, 0.3) is 0 Å². The van der Waals surface area contributed by atoms with E-state index in [-0.39, 0.29) is 11.7 Å². The first-order chi connectivity index (χ1) is 9.97. The zero-order chi connectivity index (χ0) is 15.0. The first kappa shape index (κ1) is 13.9. The second kappa shape index (κ2) is 5.02. The maximum absolute atomic E-state index is 12.6. The summed E-state index contributed by atoms with van der Waals surface area (Å²) in [6.45, 7) is 0. The topological polar surface area (TPSA) is 17.1 Å². The predicted molar refractivity (Wildman–Crippen MR) is 73.3 cm³/mol. The molecule has 0 aliphatic heterocycles. The number of hydrogen-bond donors (Lipinski definition) is 0. The largest absolute Gasteiger partial charge is 0.416 e. The van der Waals surface area contributed by atoms with Crippen molar-refractivity contribution in [2.45, 2.75) is 24.9 Å². The summed E-state index contributed by atoms with van der Waals surface area (Å²) >= 11 is 0. The third-order valence-electron chi connectivity index (χ3n) is 3.94. The second-order valence-corrected chi connectivity index (χ2v) is 5.23. The van der Waals surface area contributed by atoms with Crippen LogP contribution in [0.2, 0.25) is 0 Å². The van der Waals surface area contributed by atoms with Crippen LogP contribution in [0.15, 0.2) is 48.5 Å². The lowest BCUT2D eigenvalue weighted by molar-refractivity contribution is -0.137. The fourth-order valence-corrected chi connectivity index (χ4v) is 2.82. The molecule has 1 nitrogen and oxygen atoms in total. The number of ketones is 1. The molecule has 0 saturated carbocycles. The Morgan fingerprint density at radius 3 is 2.29 bits per heavy atom. The number of carbonyl (C=O) groups excluding carboxylic acids is 1. The summed E-state index contributed by atoms with van der Waals surface area (Å²) < 4.78 is 37.7. The van der Waals surface area contributed by atoms with Crippen LogP contribution in [0.5, 0.6) is 0 Å². The van der Waals surface area contributed by atoms with E-state index in [1.807, 2.05) is 18.2 Å². The SMILES string of the molecule is O=C1c2ccccc2CC[C@H]1c1ccc(C(F)(F)F)cc1. The monoisotopic (exact) mass is 290 g/mol. The molecule has 4 heteroatoms. The Hall–Kier alpha value is -2.10. The molecule has 3 rings (SSSR count). The summed E-state index contributed by atoms with van der Waals surface area (Å²) in [5.74, 6) is -0.348. The molecule has 0 radical (unpaired) electrons. The molecule has 1 aliphatic carbocycles. The van der Waals surface area contributed by atoms with Crippen molar-refractivity contribution in [1.82, 2.24) is 0 Å². The van der Waals surface area contributed by atoms with Gasteiger partial charge in [-0.2, -0.15) is 13.2 Å². The van der Waals surface area contributed by atoms with Gasteiger partial charge in [-0.3, -0.25) is 4.79 Å². The third kappa shape index (κ3) is 2.58. The molecule has 0 fully saturated rings. The van der Waals surface area contributed by atoms with Crippen molar-refractivity contribution in [3.63, 3.8) is 0 Å². The van der Waals surface area contributed by atoms with E-state index in [2.05, 4.69) is 0 Å². The van der Waals surface area contributed by atoms with Crippen molar-refractivity contribution in [2.75, 3.05) is 0 Å². The first-order valence-corrected chi connectivity index (χ1v) is 6.76. The summed E-state index contributed by atoms with van der Waals surface area (Å²) in [6, 6.07) is 12.3. The van der Waals surface area contributed by atoms with Crippen molar-refractivity contribution in [3.8, 4) is 0 Å². The predicted octanol–water partition coefficient (Wildman–Crippen LogP) is 4.62. The van der Waals surface area contributed by atoms with Crippen LogP contribution in [0.3, 0.4) is 0 Å². The number of Topliss-reactive ketones (excluding diaryl/α,β-unsaturated/α-hetero) is 1. The smallest absolute Gasteiger partial charge is 0.293 e. The number of halogens is 3. The zero-order valence-corrected chi connectivity index (χ0v) is 11.2. The molecule has 0 heterocycles. The van der Waals surface area contributed by atoms with Crippen LogP contribution in [0.4, 0.5) is 13.2 Å². The molecule has 0 bridgehead atoms. The first-order valence-electron chi connectivity index (χ1n) is 6.76. The van der Waals surface area contributed by atoms with Gasteiger partial charge < -0.3 is 0 Å². The number of aryl methyl sites for hydroxylation is 1. The van der Waals surface area contributed by atoms with E-state index >= 15 is 0 Å². The number of hydrogen-bond acceptors (Lipinski definition) is 1. The highest BCUT2D eigenvalue weighted by molar-refractivity contribution is 6.03. The molecule has 0 aromatic heterocycles. The van der Waals surface area contributed by atoms with E-state index < -0.39 is 11.7 Å². The highest BCUT2D eigenvalue weighted by atomic mass is 19.4. The summed E-state index contributed by atoms with van der Waals surface area (Å²) in [5, 5.41) is 0. The number of carbonyl (C=O) groups is 1. The van der Waals surface area contributed by atoms with Crippen LogP contribution in [-0.2, 0) is 12.6 Å². The Morgan fingerprint density at radius 1 is 0.952 bits per heavy atom. The fourth-order valence-electron chi connectivity index (χ4n) is 2.82. The zero-order valence-electron chi connectivity index (χ0n) is 11.2. The maximum Gasteiger partial charge on any atom is 0.416 e. The average Bonchev–Trinajstić information content (AvgIpc) is 2.47. The molecule has 21 heavy (non-hydrogen) atoms. The highest BCUT2D eigenvalue weighted by Crippen LogP contribution is 2.35. The number of benzene rings is 2. The van der Waals surface area contributed by atoms with E-state index in [0.717, 1.165) is 24.1 Å². The van der Waals surface area contributed by atoms with Crippen molar-refractivity contribution in [3.05, 3.63) is 70.8 Å². The number of rotatable bonds is 1. The summed E-state index contributed by atoms with van der Waals surface area (Å²) in [4.78, 5) is 12.5. The average molecular weight is 290 g/mol. The Bertz CT molecular complexity index is 671. The number of alkyl halides is 3. The molecule has 1 atom stereocenters. The molecule has 108 valence electrons. The van der Waals surface area contributed by atoms with Crippen LogP contribution >= 0.6 is 0 Å². The fraction of sp³-hybridized carbons (Fsp3) is 0.235. The van der Waals surface area contributed by atoms with Crippen molar-refractivity contribution in [2.24, 2.45) is 0 Å². The van der Waals surface area contributed by atoms with Gasteiger partial charge in [0.2, 0.25) is 0 Å². The van der Waals surface area contributed by atoms with E-state index in [1.165, 1.54) is 12.1 Å². The molecule has 2 aromatic carbocycles. The van der Waals surface area contributed by atoms with E-state index in [0.29, 0.717) is 17.5 Å². The van der Waals surface area contributed by atoms with Crippen LogP contribution in [0, 0.1) is 0 Å². The quantitative estimate of drug-likeness (QED) is 0.749. The maximum atomic E-state index is 12.6. The minimum Gasteiger partial charge on any atom is -0.293 e. The molecule has 0 unspecified atom stereocenters. The van der Waals surface area contributed by atoms with Crippen molar-refractivity contribution in [1.29, 1.82) is 0 Å².